The minimum Gasteiger partial charge on any atom is -0.359 e. The first-order valence-corrected chi connectivity index (χ1v) is 7.32. The minimum atomic E-state index is 0.131. The first-order chi connectivity index (χ1) is 9.90. The molecule has 0 unspecified atom stereocenters. The lowest BCUT2D eigenvalue weighted by Crippen LogP contribution is -2.37. The zero-order valence-electron chi connectivity index (χ0n) is 14.1. The summed E-state index contributed by atoms with van der Waals surface area (Å²) in [5, 5.41) is 0. The Morgan fingerprint density at radius 2 is 1.43 bits per heavy atom. The van der Waals surface area contributed by atoms with E-state index in [1.807, 2.05) is 0 Å². The number of methoxy groups -OCH3 is 2. The van der Waals surface area contributed by atoms with Crippen LogP contribution in [0.25, 0.3) is 0 Å². The van der Waals surface area contributed by atoms with E-state index in [2.05, 4.69) is 20.8 Å². The van der Waals surface area contributed by atoms with Crippen LogP contribution in [0.3, 0.4) is 0 Å². The molecule has 0 aliphatic rings. The van der Waals surface area contributed by atoms with Crippen molar-refractivity contribution in [3.05, 3.63) is 0 Å². The third-order valence-electron chi connectivity index (χ3n) is 2.86. The Bertz CT molecular complexity index is 253. The molecule has 0 aliphatic carbocycles. The lowest BCUT2D eigenvalue weighted by Gasteiger charge is -2.25. The maximum absolute atomic E-state index is 12.3. The summed E-state index contributed by atoms with van der Waals surface area (Å²) in [7, 11) is 3.15. The topological polar surface area (TPSA) is 57.2 Å². The Balaban J connectivity index is 4.16. The molecule has 1 amide bonds. The van der Waals surface area contributed by atoms with Gasteiger partial charge in [0.25, 0.3) is 0 Å². The van der Waals surface area contributed by atoms with Gasteiger partial charge in [0.15, 0.2) is 0 Å². The maximum Gasteiger partial charge on any atom is 0.222 e. The van der Waals surface area contributed by atoms with Crippen molar-refractivity contribution in [2.45, 2.75) is 33.6 Å². The average molecular weight is 305 g/mol. The van der Waals surface area contributed by atoms with Crippen LogP contribution in [-0.4, -0.2) is 64.9 Å². The average Bonchev–Trinajstić information content (AvgIpc) is 2.42. The molecule has 6 nitrogen and oxygen atoms in total. The normalized spacial score (nSPS) is 11.7. The van der Waals surface area contributed by atoms with Crippen LogP contribution in [0, 0.1) is 5.41 Å². The molecule has 0 radical (unpaired) electrons. The van der Waals surface area contributed by atoms with Gasteiger partial charge in [0.05, 0.1) is 13.2 Å². The molecule has 6 heteroatoms. The highest BCUT2D eigenvalue weighted by atomic mass is 16.7. The molecule has 0 aromatic rings. The van der Waals surface area contributed by atoms with Crippen LogP contribution in [0.15, 0.2) is 0 Å². The molecule has 0 aromatic heterocycles. The number of amides is 1. The molecule has 0 saturated heterocycles. The highest BCUT2D eigenvalue weighted by Crippen LogP contribution is 2.21. The summed E-state index contributed by atoms with van der Waals surface area (Å²) in [6.45, 7) is 8.88. The van der Waals surface area contributed by atoms with E-state index in [9.17, 15) is 4.79 Å². The summed E-state index contributed by atoms with van der Waals surface area (Å²) in [6.07, 6.45) is 1.40. The van der Waals surface area contributed by atoms with Crippen LogP contribution in [0.5, 0.6) is 0 Å². The third kappa shape index (κ3) is 12.7. The highest BCUT2D eigenvalue weighted by Gasteiger charge is 2.17. The Morgan fingerprint density at radius 1 is 0.952 bits per heavy atom. The molecule has 0 spiro atoms. The van der Waals surface area contributed by atoms with Gasteiger partial charge in [-0.15, -0.1) is 0 Å². The summed E-state index contributed by atoms with van der Waals surface area (Å²) < 4.78 is 20.2. The molecule has 21 heavy (non-hydrogen) atoms. The van der Waals surface area contributed by atoms with Crippen LogP contribution in [0.1, 0.15) is 33.6 Å². The Labute approximate surface area is 128 Å². The van der Waals surface area contributed by atoms with Gasteiger partial charge in [-0.2, -0.15) is 0 Å². The molecule has 0 heterocycles. The van der Waals surface area contributed by atoms with Crippen LogP contribution < -0.4 is 0 Å². The zero-order chi connectivity index (χ0) is 16.1. The number of ether oxygens (including phenoxy) is 4. The monoisotopic (exact) mass is 305 g/mol. The van der Waals surface area contributed by atoms with E-state index in [0.717, 1.165) is 6.42 Å². The maximum atomic E-state index is 12.3. The number of carbonyl (C=O) groups excluding carboxylic acids is 1. The summed E-state index contributed by atoms with van der Waals surface area (Å²) in [5.41, 5.74) is 0.153. The third-order valence-corrected chi connectivity index (χ3v) is 2.86. The molecule has 126 valence electrons. The van der Waals surface area contributed by atoms with Gasteiger partial charge in [-0.1, -0.05) is 20.8 Å². The standard InChI is InChI=1S/C15H31NO5/c1-15(2,3)7-6-14(17)16(8-10-20-12-18-4)9-11-21-13-19-5/h6-13H2,1-5H3. The Hall–Kier alpha value is -0.690. The lowest BCUT2D eigenvalue weighted by atomic mass is 9.90. The molecule has 0 aliphatic heterocycles. The summed E-state index contributed by atoms with van der Waals surface area (Å²) in [5.74, 6) is 0.131. The van der Waals surface area contributed by atoms with E-state index in [-0.39, 0.29) is 24.9 Å². The van der Waals surface area contributed by atoms with E-state index >= 15 is 0 Å². The van der Waals surface area contributed by atoms with Gasteiger partial charge in [-0.25, -0.2) is 0 Å². The van der Waals surface area contributed by atoms with E-state index in [4.69, 9.17) is 18.9 Å². The van der Waals surface area contributed by atoms with Gasteiger partial charge < -0.3 is 23.8 Å². The van der Waals surface area contributed by atoms with E-state index in [0.29, 0.717) is 32.7 Å². The number of nitrogens with zero attached hydrogens (tertiary/aromatic N) is 1. The van der Waals surface area contributed by atoms with Crippen molar-refractivity contribution in [1.82, 2.24) is 4.90 Å². The Kier molecular flexibility index (Phi) is 11.5. The fourth-order valence-electron chi connectivity index (χ4n) is 1.64. The Morgan fingerprint density at radius 3 is 1.81 bits per heavy atom. The predicted molar refractivity (Wildman–Crippen MR) is 80.9 cm³/mol. The molecule has 0 fully saturated rings. The molecular formula is C15H31NO5. The first kappa shape index (κ1) is 20.3. The van der Waals surface area contributed by atoms with Crippen LogP contribution in [0.2, 0.25) is 0 Å². The smallest absolute Gasteiger partial charge is 0.222 e. The van der Waals surface area contributed by atoms with Crippen LogP contribution in [0.4, 0.5) is 0 Å². The largest absolute Gasteiger partial charge is 0.359 e. The van der Waals surface area contributed by atoms with Crippen molar-refractivity contribution in [3.8, 4) is 0 Å². The van der Waals surface area contributed by atoms with Crippen molar-refractivity contribution >= 4 is 5.91 Å². The fraction of sp³-hybridized carbons (Fsp3) is 0.933. The molecule has 0 N–H and O–H groups in total. The molecule has 0 atom stereocenters. The SMILES string of the molecule is COCOCCN(CCOCOC)C(=O)CCC(C)(C)C. The number of rotatable bonds is 12. The highest BCUT2D eigenvalue weighted by molar-refractivity contribution is 5.76. The second-order valence-corrected chi connectivity index (χ2v) is 6.07. The second kappa shape index (κ2) is 11.9. The van der Waals surface area contributed by atoms with E-state index in [1.165, 1.54) is 0 Å². The van der Waals surface area contributed by atoms with E-state index < -0.39 is 0 Å². The lowest BCUT2D eigenvalue weighted by molar-refractivity contribution is -0.135. The van der Waals surface area contributed by atoms with Crippen molar-refractivity contribution in [1.29, 1.82) is 0 Å². The quantitative estimate of drug-likeness (QED) is 0.407. The molecule has 0 bridgehead atoms. The number of hydrogen-bond acceptors (Lipinski definition) is 5. The summed E-state index contributed by atoms with van der Waals surface area (Å²) >= 11 is 0. The predicted octanol–water partition coefficient (Wildman–Crippen LogP) is 1.88. The van der Waals surface area contributed by atoms with Gasteiger partial charge in [-0.3, -0.25) is 4.79 Å². The molecule has 0 rings (SSSR count). The number of hydrogen-bond donors (Lipinski definition) is 0. The fourth-order valence-corrected chi connectivity index (χ4v) is 1.64. The first-order valence-electron chi connectivity index (χ1n) is 7.32. The van der Waals surface area contributed by atoms with Gasteiger partial charge in [0.1, 0.15) is 13.6 Å². The zero-order valence-corrected chi connectivity index (χ0v) is 14.1. The number of carbonyl (C=O) groups is 1. The van der Waals surface area contributed by atoms with Crippen molar-refractivity contribution in [2.75, 3.05) is 54.1 Å². The van der Waals surface area contributed by atoms with Gasteiger partial charge in [0, 0.05) is 33.7 Å². The van der Waals surface area contributed by atoms with Crippen molar-refractivity contribution < 1.29 is 23.7 Å². The molecular weight excluding hydrogens is 274 g/mol. The molecule has 0 aromatic carbocycles. The second-order valence-electron chi connectivity index (χ2n) is 6.07. The minimum absolute atomic E-state index is 0.131. The van der Waals surface area contributed by atoms with Gasteiger partial charge in [-0.05, 0) is 11.8 Å². The van der Waals surface area contributed by atoms with Crippen molar-refractivity contribution in [2.24, 2.45) is 5.41 Å². The molecule has 0 saturated carbocycles. The summed E-state index contributed by atoms with van der Waals surface area (Å²) in [4.78, 5) is 14.0. The van der Waals surface area contributed by atoms with Crippen LogP contribution >= 0.6 is 0 Å². The van der Waals surface area contributed by atoms with Crippen molar-refractivity contribution in [3.63, 3.8) is 0 Å². The van der Waals surface area contributed by atoms with Crippen LogP contribution in [-0.2, 0) is 23.7 Å². The van der Waals surface area contributed by atoms with Gasteiger partial charge >= 0.3 is 0 Å². The van der Waals surface area contributed by atoms with E-state index in [1.54, 1.807) is 19.1 Å². The summed E-state index contributed by atoms with van der Waals surface area (Å²) in [6, 6.07) is 0. The van der Waals surface area contributed by atoms with Gasteiger partial charge in [0.2, 0.25) is 5.91 Å².